The number of halogens is 1. The van der Waals surface area contributed by atoms with Crippen molar-refractivity contribution in [3.8, 4) is 0 Å². The first kappa shape index (κ1) is 14.6. The van der Waals surface area contributed by atoms with Gasteiger partial charge in [-0.25, -0.2) is 20.2 Å². The van der Waals surface area contributed by atoms with Crippen LogP contribution in [-0.2, 0) is 0 Å². The first-order chi connectivity index (χ1) is 10.0. The van der Waals surface area contributed by atoms with Gasteiger partial charge < -0.3 is 10.7 Å². The van der Waals surface area contributed by atoms with Crippen LogP contribution < -0.4 is 16.6 Å². The van der Waals surface area contributed by atoms with E-state index in [1.807, 2.05) is 0 Å². The molecule has 1 aromatic carbocycles. The molecule has 21 heavy (non-hydrogen) atoms. The summed E-state index contributed by atoms with van der Waals surface area (Å²) in [5.74, 6) is 4.61. The normalized spacial score (nSPS) is 11.8. The molecule has 110 valence electrons. The Labute approximate surface area is 119 Å². The first-order valence-corrected chi connectivity index (χ1v) is 6.01. The molecule has 0 aliphatic heterocycles. The zero-order valence-electron chi connectivity index (χ0n) is 11.1. The van der Waals surface area contributed by atoms with Crippen LogP contribution in [0.5, 0.6) is 0 Å². The average Bonchev–Trinajstić information content (AvgIpc) is 2.46. The highest BCUT2D eigenvalue weighted by atomic mass is 19.1. The highest BCUT2D eigenvalue weighted by Crippen LogP contribution is 2.31. The molecule has 0 spiro atoms. The summed E-state index contributed by atoms with van der Waals surface area (Å²) >= 11 is 0. The van der Waals surface area contributed by atoms with Gasteiger partial charge >= 0.3 is 5.69 Å². The molecule has 0 saturated carbocycles. The maximum Gasteiger partial charge on any atom is 0.354 e. The Hall–Kier alpha value is -2.81. The molecule has 0 aliphatic rings. The number of nitrogens with one attached hydrogen (secondary N) is 2. The van der Waals surface area contributed by atoms with E-state index >= 15 is 0 Å². The predicted octanol–water partition coefficient (Wildman–Crippen LogP) is 1.98. The smallest absolute Gasteiger partial charge is 0.354 e. The minimum Gasteiger partial charge on any atom is -0.358 e. The molecule has 2 aromatic rings. The average molecular weight is 292 g/mol. The highest BCUT2D eigenvalue weighted by Gasteiger charge is 2.24. The third-order valence-corrected chi connectivity index (χ3v) is 2.87. The van der Waals surface area contributed by atoms with Crippen molar-refractivity contribution in [2.45, 2.75) is 13.0 Å². The summed E-state index contributed by atoms with van der Waals surface area (Å²) in [6, 6.07) is 5.62. The highest BCUT2D eigenvalue weighted by molar-refractivity contribution is 5.69. The third-order valence-electron chi connectivity index (χ3n) is 2.87. The van der Waals surface area contributed by atoms with E-state index in [-0.39, 0.29) is 11.6 Å². The number of rotatable bonds is 5. The SMILES string of the molecule is CC(Nc1ncnc(NN)c1[N+](=O)[O-])c1ccccc1F. The standard InChI is InChI=1S/C12H13FN6O2/c1-7(8-4-2-3-5-9(8)13)17-11-10(19(20)21)12(18-14)16-6-15-11/h2-7H,14H2,1H3,(H2,15,16,17,18). The maximum atomic E-state index is 13.7. The van der Waals surface area contributed by atoms with Crippen LogP contribution in [0, 0.1) is 15.9 Å². The number of hydrogen-bond acceptors (Lipinski definition) is 7. The summed E-state index contributed by atoms with van der Waals surface area (Å²) in [5, 5.41) is 13.9. The second kappa shape index (κ2) is 6.09. The van der Waals surface area contributed by atoms with Gasteiger partial charge in [0.15, 0.2) is 0 Å². The van der Waals surface area contributed by atoms with E-state index in [9.17, 15) is 14.5 Å². The van der Waals surface area contributed by atoms with E-state index < -0.39 is 22.5 Å². The molecule has 9 heteroatoms. The van der Waals surface area contributed by atoms with Gasteiger partial charge in [-0.15, -0.1) is 0 Å². The van der Waals surface area contributed by atoms with Gasteiger partial charge in [-0.05, 0) is 13.0 Å². The Morgan fingerprint density at radius 1 is 1.33 bits per heavy atom. The molecule has 1 aromatic heterocycles. The van der Waals surface area contributed by atoms with E-state index in [1.165, 1.54) is 6.07 Å². The number of benzene rings is 1. The molecule has 0 radical (unpaired) electrons. The zero-order chi connectivity index (χ0) is 15.4. The van der Waals surface area contributed by atoms with Crippen molar-refractivity contribution in [3.05, 3.63) is 52.1 Å². The number of nitrogens with two attached hydrogens (primary N) is 1. The minimum atomic E-state index is -0.661. The van der Waals surface area contributed by atoms with Crippen LogP contribution in [0.25, 0.3) is 0 Å². The van der Waals surface area contributed by atoms with Crippen LogP contribution in [0.1, 0.15) is 18.5 Å². The van der Waals surface area contributed by atoms with Gasteiger partial charge in [0, 0.05) is 5.56 Å². The summed E-state index contributed by atoms with van der Waals surface area (Å²) < 4.78 is 13.7. The van der Waals surface area contributed by atoms with Gasteiger partial charge in [0.05, 0.1) is 11.0 Å². The fourth-order valence-electron chi connectivity index (χ4n) is 1.87. The van der Waals surface area contributed by atoms with Crippen LogP contribution in [0.2, 0.25) is 0 Å². The van der Waals surface area contributed by atoms with Crippen LogP contribution in [0.4, 0.5) is 21.7 Å². The lowest BCUT2D eigenvalue weighted by Gasteiger charge is -2.16. The third kappa shape index (κ3) is 3.03. The molecule has 4 N–H and O–H groups in total. The number of aromatic nitrogens is 2. The number of hydrogen-bond donors (Lipinski definition) is 3. The van der Waals surface area contributed by atoms with E-state index in [2.05, 4.69) is 20.7 Å². The first-order valence-electron chi connectivity index (χ1n) is 6.01. The Morgan fingerprint density at radius 2 is 2.00 bits per heavy atom. The molecule has 0 bridgehead atoms. The fraction of sp³-hybridized carbons (Fsp3) is 0.167. The number of hydrazine groups is 1. The van der Waals surface area contributed by atoms with Crippen molar-refractivity contribution in [3.63, 3.8) is 0 Å². The van der Waals surface area contributed by atoms with Gasteiger partial charge in [-0.2, -0.15) is 0 Å². The van der Waals surface area contributed by atoms with Crippen molar-refractivity contribution in [2.75, 3.05) is 10.7 Å². The summed E-state index contributed by atoms with van der Waals surface area (Å²) in [6.45, 7) is 1.67. The molecular weight excluding hydrogens is 279 g/mol. The van der Waals surface area contributed by atoms with E-state index in [1.54, 1.807) is 25.1 Å². The summed E-state index contributed by atoms with van der Waals surface area (Å²) in [4.78, 5) is 17.9. The van der Waals surface area contributed by atoms with Gasteiger partial charge in [0.2, 0.25) is 11.6 Å². The van der Waals surface area contributed by atoms with Gasteiger partial charge in [-0.3, -0.25) is 10.1 Å². The molecule has 0 saturated heterocycles. The second-order valence-corrected chi connectivity index (χ2v) is 4.21. The van der Waals surface area contributed by atoms with Crippen LogP contribution >= 0.6 is 0 Å². The number of nitro groups is 1. The van der Waals surface area contributed by atoms with Crippen molar-refractivity contribution >= 4 is 17.3 Å². The topological polar surface area (TPSA) is 119 Å². The van der Waals surface area contributed by atoms with E-state index in [4.69, 9.17) is 5.84 Å². The van der Waals surface area contributed by atoms with E-state index in [0.29, 0.717) is 5.56 Å². The fourth-order valence-corrected chi connectivity index (χ4v) is 1.87. The van der Waals surface area contributed by atoms with E-state index in [0.717, 1.165) is 6.33 Å². The number of anilines is 2. The monoisotopic (exact) mass is 292 g/mol. The van der Waals surface area contributed by atoms with Crippen molar-refractivity contribution in [1.82, 2.24) is 9.97 Å². The van der Waals surface area contributed by atoms with Crippen LogP contribution in [0.15, 0.2) is 30.6 Å². The van der Waals surface area contributed by atoms with Crippen LogP contribution in [0.3, 0.4) is 0 Å². The van der Waals surface area contributed by atoms with Crippen LogP contribution in [-0.4, -0.2) is 14.9 Å². The molecule has 1 atom stereocenters. The lowest BCUT2D eigenvalue weighted by molar-refractivity contribution is -0.383. The summed E-state index contributed by atoms with van der Waals surface area (Å²) in [5.41, 5.74) is 2.10. The summed E-state index contributed by atoms with van der Waals surface area (Å²) in [6.07, 6.45) is 1.12. The molecule has 1 heterocycles. The van der Waals surface area contributed by atoms with Crippen molar-refractivity contribution in [2.24, 2.45) is 5.84 Å². The molecule has 8 nitrogen and oxygen atoms in total. The Balaban J connectivity index is 2.36. The summed E-state index contributed by atoms with van der Waals surface area (Å²) in [7, 11) is 0. The maximum absolute atomic E-state index is 13.7. The van der Waals surface area contributed by atoms with Gasteiger partial charge in [0.25, 0.3) is 0 Å². The quantitative estimate of drug-likeness (QED) is 0.438. The molecule has 0 fully saturated rings. The largest absolute Gasteiger partial charge is 0.358 e. The Morgan fingerprint density at radius 3 is 2.62 bits per heavy atom. The van der Waals surface area contributed by atoms with Gasteiger partial charge in [0.1, 0.15) is 12.1 Å². The molecule has 0 amide bonds. The Bertz CT molecular complexity index is 666. The minimum absolute atomic E-state index is 0.0429. The van der Waals surface area contributed by atoms with Crippen molar-refractivity contribution in [1.29, 1.82) is 0 Å². The molecule has 0 aliphatic carbocycles. The lowest BCUT2D eigenvalue weighted by atomic mass is 10.1. The second-order valence-electron chi connectivity index (χ2n) is 4.21. The number of nitrogen functional groups attached to an aromatic ring is 1. The molecule has 2 rings (SSSR count). The van der Waals surface area contributed by atoms with Crippen molar-refractivity contribution < 1.29 is 9.31 Å². The zero-order valence-corrected chi connectivity index (χ0v) is 11.1. The molecular formula is C12H13FN6O2. The number of nitrogens with zero attached hydrogens (tertiary/aromatic N) is 3. The molecule has 1 unspecified atom stereocenters. The predicted molar refractivity (Wildman–Crippen MR) is 74.9 cm³/mol. The Kier molecular flexibility index (Phi) is 4.24. The lowest BCUT2D eigenvalue weighted by Crippen LogP contribution is -2.15. The van der Waals surface area contributed by atoms with Gasteiger partial charge in [-0.1, -0.05) is 18.2 Å².